The molecular weight excluding hydrogens is 243 g/mol. The lowest BCUT2D eigenvalue weighted by atomic mass is 10.2. The summed E-state index contributed by atoms with van der Waals surface area (Å²) in [6.07, 6.45) is 0. The minimum atomic E-state index is -1.30. The SMILES string of the molecule is COc1cc(F)c(C(=O)O)cc1Br. The van der Waals surface area contributed by atoms with Gasteiger partial charge in [0.15, 0.2) is 0 Å². The molecule has 0 heterocycles. The van der Waals surface area contributed by atoms with E-state index in [0.29, 0.717) is 4.47 Å². The molecule has 0 bridgehead atoms. The number of carboxylic acid groups (broad SMARTS) is 1. The first-order chi connectivity index (χ1) is 6.06. The van der Waals surface area contributed by atoms with Gasteiger partial charge in [0.25, 0.3) is 0 Å². The van der Waals surface area contributed by atoms with E-state index in [1.165, 1.54) is 7.11 Å². The zero-order valence-corrected chi connectivity index (χ0v) is 8.26. The molecule has 1 N–H and O–H groups in total. The van der Waals surface area contributed by atoms with Crippen LogP contribution in [-0.4, -0.2) is 18.2 Å². The average molecular weight is 249 g/mol. The van der Waals surface area contributed by atoms with Crippen LogP contribution in [0.15, 0.2) is 16.6 Å². The summed E-state index contributed by atoms with van der Waals surface area (Å²) in [5, 5.41) is 8.55. The quantitative estimate of drug-likeness (QED) is 0.874. The molecule has 0 saturated heterocycles. The normalized spacial score (nSPS) is 9.77. The van der Waals surface area contributed by atoms with Crippen molar-refractivity contribution >= 4 is 21.9 Å². The van der Waals surface area contributed by atoms with Crippen molar-refractivity contribution in [1.82, 2.24) is 0 Å². The van der Waals surface area contributed by atoms with Crippen molar-refractivity contribution in [2.45, 2.75) is 0 Å². The Bertz CT molecular complexity index is 351. The predicted octanol–water partition coefficient (Wildman–Crippen LogP) is 2.29. The van der Waals surface area contributed by atoms with E-state index in [1.807, 2.05) is 0 Å². The van der Waals surface area contributed by atoms with Crippen molar-refractivity contribution in [2.24, 2.45) is 0 Å². The monoisotopic (exact) mass is 248 g/mol. The van der Waals surface area contributed by atoms with Gasteiger partial charge in [0.05, 0.1) is 17.1 Å². The fourth-order valence-electron chi connectivity index (χ4n) is 0.849. The highest BCUT2D eigenvalue weighted by molar-refractivity contribution is 9.10. The van der Waals surface area contributed by atoms with Crippen LogP contribution in [0.5, 0.6) is 5.75 Å². The van der Waals surface area contributed by atoms with E-state index >= 15 is 0 Å². The molecule has 1 rings (SSSR count). The molecule has 3 nitrogen and oxygen atoms in total. The van der Waals surface area contributed by atoms with Crippen molar-refractivity contribution in [1.29, 1.82) is 0 Å². The highest BCUT2D eigenvalue weighted by Crippen LogP contribution is 2.27. The van der Waals surface area contributed by atoms with E-state index in [0.717, 1.165) is 12.1 Å². The molecule has 70 valence electrons. The van der Waals surface area contributed by atoms with E-state index in [1.54, 1.807) is 0 Å². The minimum Gasteiger partial charge on any atom is -0.495 e. The number of hydrogen-bond donors (Lipinski definition) is 1. The second-order valence-corrected chi connectivity index (χ2v) is 3.13. The van der Waals surface area contributed by atoms with Crippen molar-refractivity contribution in [3.63, 3.8) is 0 Å². The molecule has 0 unspecified atom stereocenters. The van der Waals surface area contributed by atoms with Crippen molar-refractivity contribution in [3.8, 4) is 5.75 Å². The molecule has 1 aromatic carbocycles. The number of carboxylic acids is 1. The second-order valence-electron chi connectivity index (χ2n) is 2.27. The Hall–Kier alpha value is -1.10. The fourth-order valence-corrected chi connectivity index (χ4v) is 1.35. The van der Waals surface area contributed by atoms with Crippen LogP contribution in [0.3, 0.4) is 0 Å². The zero-order chi connectivity index (χ0) is 10.0. The van der Waals surface area contributed by atoms with Crippen LogP contribution in [0.2, 0.25) is 0 Å². The van der Waals surface area contributed by atoms with E-state index in [9.17, 15) is 9.18 Å². The molecule has 0 spiro atoms. The van der Waals surface area contributed by atoms with Crippen LogP contribution in [0.1, 0.15) is 10.4 Å². The Labute approximate surface area is 82.3 Å². The van der Waals surface area contributed by atoms with Gasteiger partial charge in [-0.2, -0.15) is 0 Å². The van der Waals surface area contributed by atoms with Gasteiger partial charge in [-0.25, -0.2) is 9.18 Å². The number of benzene rings is 1. The lowest BCUT2D eigenvalue weighted by Gasteiger charge is -2.04. The second kappa shape index (κ2) is 3.74. The molecule has 0 radical (unpaired) electrons. The summed E-state index contributed by atoms with van der Waals surface area (Å²) < 4.78 is 18.2. The largest absolute Gasteiger partial charge is 0.495 e. The molecule has 0 aliphatic rings. The van der Waals surface area contributed by atoms with E-state index < -0.39 is 11.8 Å². The molecule has 0 amide bonds. The molecule has 1 aromatic rings. The summed E-state index contributed by atoms with van der Waals surface area (Å²) in [4.78, 5) is 10.5. The van der Waals surface area contributed by atoms with Crippen molar-refractivity contribution in [3.05, 3.63) is 28.0 Å². The summed E-state index contributed by atoms with van der Waals surface area (Å²) >= 11 is 3.05. The summed E-state index contributed by atoms with van der Waals surface area (Å²) in [5.74, 6) is -1.85. The Balaban J connectivity index is 3.28. The predicted molar refractivity (Wildman–Crippen MR) is 47.6 cm³/mol. The van der Waals surface area contributed by atoms with Crippen LogP contribution < -0.4 is 4.74 Å². The van der Waals surface area contributed by atoms with Crippen LogP contribution in [0.25, 0.3) is 0 Å². The van der Waals surface area contributed by atoms with E-state index in [-0.39, 0.29) is 11.3 Å². The van der Waals surface area contributed by atoms with Gasteiger partial charge < -0.3 is 9.84 Å². The Morgan fingerprint density at radius 1 is 1.62 bits per heavy atom. The van der Waals surface area contributed by atoms with Crippen molar-refractivity contribution < 1.29 is 19.0 Å². The van der Waals surface area contributed by atoms with Crippen LogP contribution in [0, 0.1) is 5.82 Å². The maximum atomic E-state index is 13.0. The van der Waals surface area contributed by atoms with Gasteiger partial charge in [-0.05, 0) is 22.0 Å². The van der Waals surface area contributed by atoms with Gasteiger partial charge in [-0.15, -0.1) is 0 Å². The van der Waals surface area contributed by atoms with Gasteiger partial charge in [-0.1, -0.05) is 0 Å². The summed E-state index contributed by atoms with van der Waals surface area (Å²) in [6.45, 7) is 0. The van der Waals surface area contributed by atoms with Gasteiger partial charge in [0.2, 0.25) is 0 Å². The number of methoxy groups -OCH3 is 1. The van der Waals surface area contributed by atoms with Crippen LogP contribution in [-0.2, 0) is 0 Å². The number of rotatable bonds is 2. The highest BCUT2D eigenvalue weighted by atomic mass is 79.9. The third kappa shape index (κ3) is 1.98. The maximum Gasteiger partial charge on any atom is 0.338 e. The fraction of sp³-hybridized carbons (Fsp3) is 0.125. The standard InChI is InChI=1S/C8H6BrFO3/c1-13-7-3-6(10)4(8(11)12)2-5(7)9/h2-3H,1H3,(H,11,12). The van der Waals surface area contributed by atoms with Crippen LogP contribution in [0.4, 0.5) is 4.39 Å². The molecule has 0 aliphatic heterocycles. The van der Waals surface area contributed by atoms with E-state index in [2.05, 4.69) is 15.9 Å². The first-order valence-electron chi connectivity index (χ1n) is 3.32. The van der Waals surface area contributed by atoms with E-state index in [4.69, 9.17) is 9.84 Å². The van der Waals surface area contributed by atoms with Crippen LogP contribution >= 0.6 is 15.9 Å². The number of halogens is 2. The zero-order valence-electron chi connectivity index (χ0n) is 6.67. The summed E-state index contributed by atoms with van der Waals surface area (Å²) in [7, 11) is 1.37. The molecule has 0 atom stereocenters. The minimum absolute atomic E-state index is 0.266. The lowest BCUT2D eigenvalue weighted by Crippen LogP contribution is -2.01. The highest BCUT2D eigenvalue weighted by Gasteiger charge is 2.13. The number of ether oxygens (including phenoxy) is 1. The molecule has 13 heavy (non-hydrogen) atoms. The maximum absolute atomic E-state index is 13.0. The molecule has 0 fully saturated rings. The molecule has 0 saturated carbocycles. The smallest absolute Gasteiger partial charge is 0.338 e. The Morgan fingerprint density at radius 2 is 2.23 bits per heavy atom. The Morgan fingerprint density at radius 3 is 2.69 bits per heavy atom. The summed E-state index contributed by atoms with van der Waals surface area (Å²) in [5.41, 5.74) is -0.382. The topological polar surface area (TPSA) is 46.5 Å². The number of carbonyl (C=O) groups is 1. The number of aromatic carboxylic acids is 1. The molecule has 5 heteroatoms. The number of hydrogen-bond acceptors (Lipinski definition) is 2. The lowest BCUT2D eigenvalue weighted by molar-refractivity contribution is 0.0691. The third-order valence-corrected chi connectivity index (χ3v) is 2.09. The molecule has 0 aromatic heterocycles. The van der Waals surface area contributed by atoms with Gasteiger partial charge in [-0.3, -0.25) is 0 Å². The Kier molecular flexibility index (Phi) is 2.87. The summed E-state index contributed by atoms with van der Waals surface area (Å²) in [6, 6.07) is 2.18. The van der Waals surface area contributed by atoms with Crippen molar-refractivity contribution in [2.75, 3.05) is 7.11 Å². The molecule has 0 aliphatic carbocycles. The third-order valence-electron chi connectivity index (χ3n) is 1.47. The first kappa shape index (κ1) is 9.98. The van der Waals surface area contributed by atoms with Gasteiger partial charge >= 0.3 is 5.97 Å². The van der Waals surface area contributed by atoms with Gasteiger partial charge in [0.1, 0.15) is 11.6 Å². The first-order valence-corrected chi connectivity index (χ1v) is 4.12. The molecular formula is C8H6BrFO3. The van der Waals surface area contributed by atoms with Gasteiger partial charge in [0, 0.05) is 6.07 Å². The average Bonchev–Trinajstić information content (AvgIpc) is 2.07.